The molecule has 2 aromatic rings. The van der Waals surface area contributed by atoms with Crippen LogP contribution in [0.4, 0.5) is 0 Å². The monoisotopic (exact) mass is 414 g/mol. The summed E-state index contributed by atoms with van der Waals surface area (Å²) in [5.74, 6) is 0.612. The van der Waals surface area contributed by atoms with Crippen molar-refractivity contribution < 1.29 is 14.3 Å². The largest absolute Gasteiger partial charge is 0.497 e. The van der Waals surface area contributed by atoms with Gasteiger partial charge in [-0.25, -0.2) is 0 Å². The fourth-order valence-electron chi connectivity index (χ4n) is 3.75. The highest BCUT2D eigenvalue weighted by molar-refractivity contribution is 6.33. The van der Waals surface area contributed by atoms with Crippen molar-refractivity contribution >= 4 is 23.4 Å². The molecular weight excluding hydrogens is 388 g/mol. The SMILES string of the molecule is COc1ccc([C@H]2CCCCCN2C(=O)CCNC(=O)c2ccccc2Cl)cc1. The molecular formula is C23H27ClN2O3. The van der Waals surface area contributed by atoms with Crippen molar-refractivity contribution in [2.45, 2.75) is 38.1 Å². The molecule has 0 bridgehead atoms. The number of halogens is 1. The second-order valence-electron chi connectivity index (χ2n) is 7.21. The molecule has 2 aromatic carbocycles. The first-order valence-corrected chi connectivity index (χ1v) is 10.4. The van der Waals surface area contributed by atoms with Crippen molar-refractivity contribution in [3.63, 3.8) is 0 Å². The molecule has 1 N–H and O–H groups in total. The number of benzene rings is 2. The third-order valence-electron chi connectivity index (χ3n) is 5.32. The lowest BCUT2D eigenvalue weighted by Gasteiger charge is -2.31. The van der Waals surface area contributed by atoms with Crippen LogP contribution in [0.3, 0.4) is 0 Å². The zero-order valence-electron chi connectivity index (χ0n) is 16.7. The Morgan fingerprint density at radius 2 is 1.86 bits per heavy atom. The van der Waals surface area contributed by atoms with Crippen LogP contribution in [0, 0.1) is 0 Å². The molecule has 0 unspecified atom stereocenters. The molecule has 1 fully saturated rings. The molecule has 6 heteroatoms. The lowest BCUT2D eigenvalue weighted by atomic mass is 10.0. The average Bonchev–Trinajstić information content (AvgIpc) is 3.00. The number of rotatable bonds is 6. The van der Waals surface area contributed by atoms with Gasteiger partial charge in [-0.05, 0) is 42.7 Å². The zero-order chi connectivity index (χ0) is 20.6. The summed E-state index contributed by atoms with van der Waals surface area (Å²) in [5, 5.41) is 3.21. The van der Waals surface area contributed by atoms with Gasteiger partial charge in [-0.3, -0.25) is 9.59 Å². The third kappa shape index (κ3) is 5.51. The van der Waals surface area contributed by atoms with Crippen molar-refractivity contribution in [2.24, 2.45) is 0 Å². The highest BCUT2D eigenvalue weighted by Gasteiger charge is 2.26. The lowest BCUT2D eigenvalue weighted by molar-refractivity contribution is -0.133. The Hall–Kier alpha value is -2.53. The fraction of sp³-hybridized carbons (Fsp3) is 0.391. The summed E-state index contributed by atoms with van der Waals surface area (Å²) in [4.78, 5) is 27.2. The molecule has 0 spiro atoms. The highest BCUT2D eigenvalue weighted by Crippen LogP contribution is 2.31. The molecule has 0 radical (unpaired) electrons. The number of amides is 2. The van der Waals surface area contributed by atoms with Crippen LogP contribution in [-0.4, -0.2) is 36.9 Å². The minimum Gasteiger partial charge on any atom is -0.497 e. The van der Waals surface area contributed by atoms with Crippen molar-refractivity contribution in [2.75, 3.05) is 20.2 Å². The second-order valence-corrected chi connectivity index (χ2v) is 7.62. The summed E-state index contributed by atoms with van der Waals surface area (Å²) in [7, 11) is 1.65. The molecule has 1 heterocycles. The normalized spacial score (nSPS) is 16.8. The van der Waals surface area contributed by atoms with Crippen LogP contribution in [0.15, 0.2) is 48.5 Å². The number of nitrogens with one attached hydrogen (secondary N) is 1. The molecule has 0 saturated carbocycles. The lowest BCUT2D eigenvalue weighted by Crippen LogP contribution is -2.37. The molecule has 29 heavy (non-hydrogen) atoms. The zero-order valence-corrected chi connectivity index (χ0v) is 17.5. The maximum atomic E-state index is 13.0. The standard InChI is InChI=1S/C23H27ClN2O3/c1-29-18-12-10-17(11-13-18)21-9-3-2-6-16-26(21)22(27)14-15-25-23(28)19-7-4-5-8-20(19)24/h4-5,7-8,10-13,21H,2-3,6,9,14-16H2,1H3,(H,25,28)/t21-/m1/s1. The molecule has 0 aliphatic carbocycles. The molecule has 1 atom stereocenters. The molecule has 1 saturated heterocycles. The Balaban J connectivity index is 1.62. The number of hydrogen-bond acceptors (Lipinski definition) is 3. The summed E-state index contributed by atoms with van der Waals surface area (Å²) < 4.78 is 5.25. The minimum absolute atomic E-state index is 0.0622. The molecule has 2 amide bonds. The van der Waals surface area contributed by atoms with E-state index in [1.54, 1.807) is 31.4 Å². The number of nitrogens with zero attached hydrogens (tertiary/aromatic N) is 1. The third-order valence-corrected chi connectivity index (χ3v) is 5.65. The van der Waals surface area contributed by atoms with Crippen molar-refractivity contribution in [1.82, 2.24) is 10.2 Å². The summed E-state index contributed by atoms with van der Waals surface area (Å²) >= 11 is 6.06. The minimum atomic E-state index is -0.258. The second kappa shape index (κ2) is 10.3. The Kier molecular flexibility index (Phi) is 7.53. The summed E-state index contributed by atoms with van der Waals surface area (Å²) in [6, 6.07) is 14.9. The Labute approximate surface area is 177 Å². The molecule has 154 valence electrons. The fourth-order valence-corrected chi connectivity index (χ4v) is 3.97. The summed E-state index contributed by atoms with van der Waals surface area (Å²) in [6.07, 6.45) is 4.45. The van der Waals surface area contributed by atoms with Crippen LogP contribution >= 0.6 is 11.6 Å². The van der Waals surface area contributed by atoms with Gasteiger partial charge in [0.1, 0.15) is 5.75 Å². The van der Waals surface area contributed by atoms with Crippen LogP contribution in [0.1, 0.15) is 54.1 Å². The van der Waals surface area contributed by atoms with E-state index in [4.69, 9.17) is 16.3 Å². The predicted molar refractivity (Wildman–Crippen MR) is 114 cm³/mol. The molecule has 3 rings (SSSR count). The number of methoxy groups -OCH3 is 1. The van der Waals surface area contributed by atoms with Gasteiger partial charge in [0.2, 0.25) is 5.91 Å². The number of carbonyl (C=O) groups excluding carboxylic acids is 2. The van der Waals surface area contributed by atoms with Gasteiger partial charge in [0.05, 0.1) is 23.7 Å². The average molecular weight is 415 g/mol. The van der Waals surface area contributed by atoms with Gasteiger partial charge in [0.15, 0.2) is 0 Å². The molecule has 1 aliphatic rings. The Bertz CT molecular complexity index is 838. The topological polar surface area (TPSA) is 58.6 Å². The maximum absolute atomic E-state index is 13.0. The predicted octanol–water partition coefficient (Wildman–Crippen LogP) is 4.61. The quantitative estimate of drug-likeness (QED) is 0.750. The van der Waals surface area contributed by atoms with E-state index in [0.29, 0.717) is 10.6 Å². The van der Waals surface area contributed by atoms with E-state index in [9.17, 15) is 9.59 Å². The van der Waals surface area contributed by atoms with Crippen LogP contribution in [0.2, 0.25) is 5.02 Å². The van der Waals surface area contributed by atoms with Gasteiger partial charge in [-0.1, -0.05) is 48.7 Å². The van der Waals surface area contributed by atoms with E-state index in [1.165, 1.54) is 0 Å². The van der Waals surface area contributed by atoms with Crippen molar-refractivity contribution in [1.29, 1.82) is 0 Å². The molecule has 0 aromatic heterocycles. The van der Waals surface area contributed by atoms with Gasteiger partial charge < -0.3 is 15.0 Å². The van der Waals surface area contributed by atoms with Crippen molar-refractivity contribution in [3.8, 4) is 5.75 Å². The van der Waals surface area contributed by atoms with Gasteiger partial charge in [0, 0.05) is 19.5 Å². The van der Waals surface area contributed by atoms with E-state index < -0.39 is 0 Å². The van der Waals surface area contributed by atoms with E-state index in [2.05, 4.69) is 5.32 Å². The van der Waals surface area contributed by atoms with E-state index >= 15 is 0 Å². The first-order chi connectivity index (χ1) is 14.1. The summed E-state index contributed by atoms with van der Waals surface area (Å²) in [5.41, 5.74) is 1.55. The van der Waals surface area contributed by atoms with Crippen LogP contribution in [-0.2, 0) is 4.79 Å². The molecule has 1 aliphatic heterocycles. The van der Waals surface area contributed by atoms with E-state index in [-0.39, 0.29) is 30.8 Å². The molecule has 5 nitrogen and oxygen atoms in total. The number of likely N-dealkylation sites (tertiary alicyclic amines) is 1. The van der Waals surface area contributed by atoms with Gasteiger partial charge >= 0.3 is 0 Å². The van der Waals surface area contributed by atoms with Gasteiger partial charge in [0.25, 0.3) is 5.91 Å². The summed E-state index contributed by atoms with van der Waals surface area (Å²) in [6.45, 7) is 1.03. The Morgan fingerprint density at radius 3 is 2.59 bits per heavy atom. The number of hydrogen-bond donors (Lipinski definition) is 1. The smallest absolute Gasteiger partial charge is 0.252 e. The Morgan fingerprint density at radius 1 is 1.10 bits per heavy atom. The number of carbonyl (C=O) groups is 2. The van der Waals surface area contributed by atoms with E-state index in [1.807, 2.05) is 29.2 Å². The first-order valence-electron chi connectivity index (χ1n) is 10.1. The highest BCUT2D eigenvalue weighted by atomic mass is 35.5. The van der Waals surface area contributed by atoms with Gasteiger partial charge in [-0.15, -0.1) is 0 Å². The maximum Gasteiger partial charge on any atom is 0.252 e. The van der Waals surface area contributed by atoms with Crippen LogP contribution in [0.25, 0.3) is 0 Å². The number of ether oxygens (including phenoxy) is 1. The van der Waals surface area contributed by atoms with Gasteiger partial charge in [-0.2, -0.15) is 0 Å². The van der Waals surface area contributed by atoms with Crippen LogP contribution in [0.5, 0.6) is 5.75 Å². The van der Waals surface area contributed by atoms with Crippen LogP contribution < -0.4 is 10.1 Å². The van der Waals surface area contributed by atoms with Crippen molar-refractivity contribution in [3.05, 3.63) is 64.7 Å². The van der Waals surface area contributed by atoms with E-state index in [0.717, 1.165) is 43.5 Å². The first kappa shape index (κ1) is 21.2.